The molecule has 1 aromatic carbocycles. The van der Waals surface area contributed by atoms with E-state index in [4.69, 9.17) is 9.72 Å². The van der Waals surface area contributed by atoms with Gasteiger partial charge in [0, 0.05) is 67.1 Å². The average Bonchev–Trinajstić information content (AvgIpc) is 3.71. The van der Waals surface area contributed by atoms with Crippen molar-refractivity contribution >= 4 is 58.3 Å². The number of hydrogen-bond acceptors (Lipinski definition) is 10. The number of rotatable bonds is 7. The summed E-state index contributed by atoms with van der Waals surface area (Å²) in [5, 5.41) is 10.1. The van der Waals surface area contributed by atoms with Crippen LogP contribution in [0.3, 0.4) is 0 Å². The smallest absolute Gasteiger partial charge is 0.415 e. The van der Waals surface area contributed by atoms with Crippen molar-refractivity contribution in [1.82, 2.24) is 24.9 Å². The summed E-state index contributed by atoms with van der Waals surface area (Å²) in [5.41, 5.74) is 3.39. The SMILES string of the molecule is CC(C)(C)OC(=O)N(c1cc(Nc2ccn3ncc(/C=C4/CC(=O)NC4=O)c3n2)cc(N2CCN(c3ccccn3)CC2)c1)C1CC1. The van der Waals surface area contributed by atoms with Crippen LogP contribution in [0.4, 0.5) is 33.5 Å². The number of carbonyl (C=O) groups is 3. The van der Waals surface area contributed by atoms with Crippen LogP contribution in [0.25, 0.3) is 11.7 Å². The molecule has 0 atom stereocenters. The molecule has 13 heteroatoms. The summed E-state index contributed by atoms with van der Waals surface area (Å²) in [7, 11) is 0. The predicted molar refractivity (Wildman–Crippen MR) is 179 cm³/mol. The van der Waals surface area contributed by atoms with Crippen molar-refractivity contribution in [2.75, 3.05) is 46.2 Å². The number of pyridine rings is 1. The molecule has 5 heterocycles. The Morgan fingerprint density at radius 3 is 2.53 bits per heavy atom. The molecule has 2 N–H and O–H groups in total. The van der Waals surface area contributed by atoms with E-state index in [1.54, 1.807) is 27.9 Å². The Hall–Kier alpha value is -5.46. The first kappa shape index (κ1) is 30.2. The van der Waals surface area contributed by atoms with Crippen LogP contribution < -0.4 is 25.3 Å². The molecule has 3 fully saturated rings. The Morgan fingerprint density at radius 1 is 1.06 bits per heavy atom. The zero-order valence-corrected chi connectivity index (χ0v) is 26.6. The second-order valence-corrected chi connectivity index (χ2v) is 13.0. The molecule has 13 nitrogen and oxygen atoms in total. The van der Waals surface area contributed by atoms with Gasteiger partial charge in [-0.15, -0.1) is 0 Å². The fourth-order valence-corrected chi connectivity index (χ4v) is 5.85. The standard InChI is InChI=1S/C34H37N9O4/c1-34(2,3)47-33(46)43(25-7-8-25)27-19-24(18-26(20-27)40-12-14-41(15-13-40)29-6-4-5-10-35-29)37-28-9-11-42-31(38-28)23(21-36-42)16-22-17-30(44)39-32(22)45/h4-6,9-11,16,18-21,25H,7-8,12-15,17H2,1-3H3,(H,37,38)(H,39,44,45)/b22-16-. The first-order valence-electron chi connectivity index (χ1n) is 15.8. The third-order valence-corrected chi connectivity index (χ3v) is 8.20. The van der Waals surface area contributed by atoms with Crippen molar-refractivity contribution in [3.8, 4) is 0 Å². The summed E-state index contributed by atoms with van der Waals surface area (Å²) in [5.74, 6) is 0.792. The lowest BCUT2D eigenvalue weighted by Gasteiger charge is -2.37. The zero-order chi connectivity index (χ0) is 32.7. The molecule has 2 aliphatic heterocycles. The predicted octanol–water partition coefficient (Wildman–Crippen LogP) is 4.53. The van der Waals surface area contributed by atoms with Crippen LogP contribution in [0.5, 0.6) is 0 Å². The molecule has 0 bridgehead atoms. The van der Waals surface area contributed by atoms with E-state index in [1.807, 2.05) is 57.3 Å². The van der Waals surface area contributed by atoms with Crippen LogP contribution in [-0.2, 0) is 14.3 Å². The highest BCUT2D eigenvalue weighted by Gasteiger charge is 2.37. The number of anilines is 5. The Kier molecular flexibility index (Phi) is 7.74. The summed E-state index contributed by atoms with van der Waals surface area (Å²) >= 11 is 0. The van der Waals surface area contributed by atoms with Crippen LogP contribution in [0.1, 0.15) is 45.6 Å². The third kappa shape index (κ3) is 6.74. The van der Waals surface area contributed by atoms with Gasteiger partial charge in [0.25, 0.3) is 5.91 Å². The van der Waals surface area contributed by atoms with E-state index in [-0.39, 0.29) is 24.5 Å². The quantitative estimate of drug-likeness (QED) is 0.220. The van der Waals surface area contributed by atoms with Gasteiger partial charge >= 0.3 is 6.09 Å². The second kappa shape index (κ2) is 12.0. The van der Waals surface area contributed by atoms with E-state index in [0.29, 0.717) is 22.6 Å². The van der Waals surface area contributed by atoms with Gasteiger partial charge in [0.05, 0.1) is 18.3 Å². The maximum atomic E-state index is 13.5. The molecule has 3 amide bonds. The van der Waals surface area contributed by atoms with Crippen LogP contribution >= 0.6 is 0 Å². The lowest BCUT2D eigenvalue weighted by atomic mass is 10.1. The topological polar surface area (TPSA) is 137 Å². The van der Waals surface area contributed by atoms with Crippen molar-refractivity contribution in [2.24, 2.45) is 0 Å². The normalized spacial score (nSPS) is 17.7. The van der Waals surface area contributed by atoms with Crippen LogP contribution in [0.15, 0.2) is 66.6 Å². The van der Waals surface area contributed by atoms with Crippen molar-refractivity contribution in [3.63, 3.8) is 0 Å². The Morgan fingerprint density at radius 2 is 1.85 bits per heavy atom. The van der Waals surface area contributed by atoms with E-state index >= 15 is 0 Å². The van der Waals surface area contributed by atoms with Crippen molar-refractivity contribution in [2.45, 2.75) is 51.7 Å². The molecular formula is C34H37N9O4. The maximum absolute atomic E-state index is 13.5. The van der Waals surface area contributed by atoms with Gasteiger partial charge < -0.3 is 19.9 Å². The average molecular weight is 636 g/mol. The first-order chi connectivity index (χ1) is 22.6. The fourth-order valence-electron chi connectivity index (χ4n) is 5.85. The van der Waals surface area contributed by atoms with Crippen LogP contribution in [0, 0.1) is 0 Å². The molecule has 47 heavy (non-hydrogen) atoms. The summed E-state index contributed by atoms with van der Waals surface area (Å²) in [4.78, 5) is 53.1. The number of nitrogens with one attached hydrogen (secondary N) is 2. The molecule has 3 aromatic heterocycles. The van der Waals surface area contributed by atoms with E-state index in [9.17, 15) is 14.4 Å². The van der Waals surface area contributed by atoms with Crippen LogP contribution in [-0.4, -0.2) is 75.3 Å². The Bertz CT molecular complexity index is 1870. The summed E-state index contributed by atoms with van der Waals surface area (Å²) in [6, 6.07) is 13.9. The van der Waals surface area contributed by atoms with E-state index < -0.39 is 11.5 Å². The van der Waals surface area contributed by atoms with Gasteiger partial charge in [0.15, 0.2) is 5.65 Å². The number of carbonyl (C=O) groups excluding carboxylic acids is 3. The van der Waals surface area contributed by atoms with E-state index in [1.165, 1.54) is 0 Å². The van der Waals surface area contributed by atoms with Crippen molar-refractivity contribution in [1.29, 1.82) is 0 Å². The molecule has 1 aliphatic carbocycles. The molecule has 3 aliphatic rings. The van der Waals surface area contributed by atoms with Gasteiger partial charge in [-0.25, -0.2) is 19.3 Å². The molecule has 1 saturated carbocycles. The molecule has 7 rings (SSSR count). The fraction of sp³-hybridized carbons (Fsp3) is 0.353. The highest BCUT2D eigenvalue weighted by atomic mass is 16.6. The molecule has 0 radical (unpaired) electrons. The zero-order valence-electron chi connectivity index (χ0n) is 26.6. The number of fused-ring (bicyclic) bond motifs is 1. The molecule has 0 spiro atoms. The monoisotopic (exact) mass is 635 g/mol. The lowest BCUT2D eigenvalue weighted by molar-refractivity contribution is -0.124. The minimum absolute atomic E-state index is 0.0228. The largest absolute Gasteiger partial charge is 0.443 e. The first-order valence-corrected chi connectivity index (χ1v) is 15.8. The third-order valence-electron chi connectivity index (χ3n) is 8.20. The Balaban J connectivity index is 1.21. The number of imide groups is 1. The number of hydrogen-bond donors (Lipinski definition) is 2. The minimum atomic E-state index is -0.630. The van der Waals surface area contributed by atoms with Crippen molar-refractivity contribution in [3.05, 3.63) is 72.2 Å². The summed E-state index contributed by atoms with van der Waals surface area (Å²) in [6.45, 7) is 8.81. The number of ether oxygens (including phenoxy) is 1. The number of amides is 3. The number of piperazine rings is 1. The Labute approximate surface area is 272 Å². The molecule has 2 saturated heterocycles. The maximum Gasteiger partial charge on any atom is 0.415 e. The van der Waals surface area contributed by atoms with Gasteiger partial charge in [0.2, 0.25) is 5.91 Å². The van der Waals surface area contributed by atoms with Gasteiger partial charge in [0.1, 0.15) is 17.2 Å². The highest BCUT2D eigenvalue weighted by molar-refractivity contribution is 6.15. The van der Waals surface area contributed by atoms with Crippen LogP contribution in [0.2, 0.25) is 0 Å². The van der Waals surface area contributed by atoms with Gasteiger partial charge in [-0.1, -0.05) is 6.07 Å². The van der Waals surface area contributed by atoms with E-state index in [2.05, 4.69) is 42.6 Å². The van der Waals surface area contributed by atoms with Gasteiger partial charge in [-0.2, -0.15) is 5.10 Å². The summed E-state index contributed by atoms with van der Waals surface area (Å²) < 4.78 is 7.46. The van der Waals surface area contributed by atoms with Gasteiger partial charge in [-0.05, 0) is 76.1 Å². The van der Waals surface area contributed by atoms with E-state index in [0.717, 1.165) is 61.9 Å². The second-order valence-electron chi connectivity index (χ2n) is 13.0. The number of aromatic nitrogens is 4. The molecule has 0 unspecified atom stereocenters. The molecular weight excluding hydrogens is 598 g/mol. The van der Waals surface area contributed by atoms with Gasteiger partial charge in [-0.3, -0.25) is 19.8 Å². The molecule has 242 valence electrons. The minimum Gasteiger partial charge on any atom is -0.443 e. The summed E-state index contributed by atoms with van der Waals surface area (Å²) in [6.07, 6.45) is 8.35. The molecule has 4 aromatic rings. The highest BCUT2D eigenvalue weighted by Crippen LogP contribution is 2.38. The number of benzene rings is 1. The lowest BCUT2D eigenvalue weighted by Crippen LogP contribution is -2.47. The number of nitrogens with zero attached hydrogens (tertiary/aromatic N) is 7. The van der Waals surface area contributed by atoms with Crippen molar-refractivity contribution < 1.29 is 19.1 Å².